The Morgan fingerprint density at radius 1 is 0.830 bits per heavy atom. The van der Waals surface area contributed by atoms with E-state index >= 15 is 0 Å². The van der Waals surface area contributed by atoms with E-state index in [0.29, 0.717) is 38.8 Å². The number of rotatable bonds is 29. The molecule has 1 heterocycles. The van der Waals surface area contributed by atoms with Crippen molar-refractivity contribution in [2.75, 3.05) is 59.3 Å². The molecule has 53 heavy (non-hydrogen) atoms. The number of hydrogen-bond donors (Lipinski definition) is 3. The van der Waals surface area contributed by atoms with Crippen LogP contribution in [0.15, 0.2) is 12.2 Å². The number of aliphatic hydroxyl groups excluding tert-OH is 1. The molecule has 0 aromatic rings. The maximum absolute atomic E-state index is 12.6. The third kappa shape index (κ3) is 24.7. The fourth-order valence-electron chi connectivity index (χ4n) is 5.29. The molecule has 3 N–H and O–H groups in total. The number of nitrogens with one attached hydrogen (secondary N) is 2. The molecule has 304 valence electrons. The van der Waals surface area contributed by atoms with Crippen LogP contribution in [0.2, 0.25) is 0 Å². The lowest BCUT2D eigenvalue weighted by Crippen LogP contribution is -2.38. The summed E-state index contributed by atoms with van der Waals surface area (Å²) in [6.45, 7) is 15.3. The predicted octanol–water partition coefficient (Wildman–Crippen LogP) is 3.00. The summed E-state index contributed by atoms with van der Waals surface area (Å²) in [6.07, 6.45) is 4.39. The summed E-state index contributed by atoms with van der Waals surface area (Å²) in [5.74, 6) is -1.56. The molecule has 0 radical (unpaired) electrons. The van der Waals surface area contributed by atoms with Gasteiger partial charge in [0.15, 0.2) is 6.29 Å². The predicted molar refractivity (Wildman–Crippen MR) is 196 cm³/mol. The first-order valence-corrected chi connectivity index (χ1v) is 18.8. The quantitative estimate of drug-likeness (QED) is 0.0438. The van der Waals surface area contributed by atoms with Crippen LogP contribution in [-0.2, 0) is 52.5 Å². The van der Waals surface area contributed by atoms with Gasteiger partial charge in [0, 0.05) is 63.9 Å². The second-order valence-electron chi connectivity index (χ2n) is 15.3. The molecule has 0 saturated heterocycles. The van der Waals surface area contributed by atoms with E-state index in [1.165, 1.54) is 12.2 Å². The van der Waals surface area contributed by atoms with Crippen LogP contribution in [0.25, 0.3) is 0 Å². The van der Waals surface area contributed by atoms with Crippen LogP contribution in [0.3, 0.4) is 0 Å². The number of aliphatic hydroxyl groups is 1. The largest absolute Gasteiger partial charge is 0.460 e. The number of hydrogen-bond acceptors (Lipinski definition) is 12. The number of imide groups is 1. The van der Waals surface area contributed by atoms with Crippen molar-refractivity contribution in [1.29, 1.82) is 0 Å². The second-order valence-corrected chi connectivity index (χ2v) is 15.3. The fourth-order valence-corrected chi connectivity index (χ4v) is 5.29. The third-order valence-electron chi connectivity index (χ3n) is 7.94. The number of Topliss-reactive ketones (excluding diaryl/α,β-unsaturated/α-hetero) is 1. The van der Waals surface area contributed by atoms with E-state index in [1.807, 2.05) is 48.5 Å². The standard InChI is InChI=1S/C38H65N3O12/c1-8-28(24-29(43)10-9-11-35(48)51-27-36(53-38(5,6)7)52-30(26-42)25-37(2,3)4)14-17-39-32(45)16-20-49-22-23-50-21-18-40-31(44)15-19-41-33(46)12-13-34(41)47/h12-13,28,30,36,42H,8-11,14-27H2,1-7H3,(H,39,45)(H,40,44). The lowest BCUT2D eigenvalue weighted by molar-refractivity contribution is -0.241. The van der Waals surface area contributed by atoms with Crippen molar-refractivity contribution in [1.82, 2.24) is 15.5 Å². The van der Waals surface area contributed by atoms with Gasteiger partial charge in [0.05, 0.1) is 44.7 Å². The highest BCUT2D eigenvalue weighted by atomic mass is 16.7. The van der Waals surface area contributed by atoms with E-state index in [-0.39, 0.29) is 101 Å². The molecule has 0 aromatic heterocycles. The Labute approximate surface area is 315 Å². The van der Waals surface area contributed by atoms with E-state index < -0.39 is 35.8 Å². The van der Waals surface area contributed by atoms with Crippen LogP contribution in [-0.4, -0.2) is 123 Å². The maximum Gasteiger partial charge on any atom is 0.305 e. The summed E-state index contributed by atoms with van der Waals surface area (Å²) in [5.41, 5.74) is -0.623. The zero-order valence-corrected chi connectivity index (χ0v) is 33.0. The molecular formula is C38H65N3O12. The normalized spacial score (nSPS) is 15.0. The van der Waals surface area contributed by atoms with Crippen LogP contribution >= 0.6 is 0 Å². The van der Waals surface area contributed by atoms with Crippen molar-refractivity contribution < 1.29 is 57.6 Å². The highest BCUT2D eigenvalue weighted by Gasteiger charge is 2.27. The summed E-state index contributed by atoms with van der Waals surface area (Å²) >= 11 is 0. The summed E-state index contributed by atoms with van der Waals surface area (Å²) in [7, 11) is 0. The SMILES string of the molecule is CCC(CCNC(=O)CCOCCOCCNC(=O)CCN1C(=O)C=CC1=O)CC(=O)CCCC(=O)OCC(OC(CO)CC(C)(C)C)OC(C)(C)C. The van der Waals surface area contributed by atoms with Gasteiger partial charge in [-0.2, -0.15) is 0 Å². The van der Waals surface area contributed by atoms with Crippen molar-refractivity contribution in [3.8, 4) is 0 Å². The van der Waals surface area contributed by atoms with E-state index in [1.54, 1.807) is 0 Å². The molecule has 1 rings (SSSR count). The van der Waals surface area contributed by atoms with Crippen LogP contribution in [0.5, 0.6) is 0 Å². The first kappa shape index (κ1) is 47.8. The van der Waals surface area contributed by atoms with Gasteiger partial charge in [-0.1, -0.05) is 34.1 Å². The first-order valence-electron chi connectivity index (χ1n) is 18.8. The van der Waals surface area contributed by atoms with E-state index in [9.17, 15) is 33.9 Å². The van der Waals surface area contributed by atoms with Gasteiger partial charge in [-0.25, -0.2) is 0 Å². The molecule has 1 aliphatic rings. The second kappa shape index (κ2) is 25.7. The molecule has 15 heteroatoms. The smallest absolute Gasteiger partial charge is 0.305 e. The molecule has 3 atom stereocenters. The Morgan fingerprint density at radius 3 is 2.06 bits per heavy atom. The van der Waals surface area contributed by atoms with Crippen LogP contribution in [0.1, 0.15) is 106 Å². The number of ether oxygens (including phenoxy) is 5. The molecule has 0 aromatic carbocycles. The summed E-state index contributed by atoms with van der Waals surface area (Å²) in [6, 6.07) is 0. The molecule has 15 nitrogen and oxygen atoms in total. The van der Waals surface area contributed by atoms with Gasteiger partial charge < -0.3 is 39.4 Å². The van der Waals surface area contributed by atoms with Crippen LogP contribution in [0.4, 0.5) is 0 Å². The Balaban J connectivity index is 2.14. The number of carbonyl (C=O) groups excluding carboxylic acids is 6. The van der Waals surface area contributed by atoms with Gasteiger partial charge in [-0.05, 0) is 51.4 Å². The minimum Gasteiger partial charge on any atom is -0.460 e. The van der Waals surface area contributed by atoms with Crippen molar-refractivity contribution in [2.24, 2.45) is 11.3 Å². The summed E-state index contributed by atoms with van der Waals surface area (Å²) < 4.78 is 28.1. The third-order valence-corrected chi connectivity index (χ3v) is 7.94. The monoisotopic (exact) mass is 755 g/mol. The van der Waals surface area contributed by atoms with Gasteiger partial charge in [-0.3, -0.25) is 33.7 Å². The molecule has 0 spiro atoms. The highest BCUT2D eigenvalue weighted by Crippen LogP contribution is 2.24. The lowest BCUT2D eigenvalue weighted by atomic mass is 9.89. The van der Waals surface area contributed by atoms with Crippen LogP contribution < -0.4 is 10.6 Å². The van der Waals surface area contributed by atoms with Gasteiger partial charge in [-0.15, -0.1) is 0 Å². The van der Waals surface area contributed by atoms with E-state index in [0.717, 1.165) is 11.3 Å². The van der Waals surface area contributed by atoms with E-state index in [2.05, 4.69) is 10.6 Å². The van der Waals surface area contributed by atoms with Crippen LogP contribution in [0, 0.1) is 11.3 Å². The first-order chi connectivity index (χ1) is 24.9. The zero-order chi connectivity index (χ0) is 39.9. The molecule has 1 aliphatic heterocycles. The minimum atomic E-state index is -0.835. The molecular weight excluding hydrogens is 690 g/mol. The highest BCUT2D eigenvalue weighted by molar-refractivity contribution is 6.13. The molecule has 4 amide bonds. The Kier molecular flexibility index (Phi) is 23.2. The van der Waals surface area contributed by atoms with Gasteiger partial charge in [0.25, 0.3) is 11.8 Å². The average Bonchev–Trinajstić information content (AvgIpc) is 3.39. The van der Waals surface area contributed by atoms with Gasteiger partial charge >= 0.3 is 5.97 Å². The summed E-state index contributed by atoms with van der Waals surface area (Å²) in [5, 5.41) is 15.3. The van der Waals surface area contributed by atoms with Crippen molar-refractivity contribution in [3.63, 3.8) is 0 Å². The number of nitrogens with zero attached hydrogens (tertiary/aromatic N) is 1. The van der Waals surface area contributed by atoms with Crippen molar-refractivity contribution in [3.05, 3.63) is 12.2 Å². The number of amides is 4. The minimum absolute atomic E-state index is 0.0150. The number of ketones is 1. The molecule has 0 fully saturated rings. The topological polar surface area (TPSA) is 196 Å². The molecule has 0 saturated carbocycles. The Morgan fingerprint density at radius 2 is 1.45 bits per heavy atom. The lowest BCUT2D eigenvalue weighted by Gasteiger charge is -2.32. The van der Waals surface area contributed by atoms with Gasteiger partial charge in [0.1, 0.15) is 12.4 Å². The summed E-state index contributed by atoms with van der Waals surface area (Å²) in [4.78, 5) is 73.1. The molecule has 0 bridgehead atoms. The number of esters is 1. The molecule has 3 unspecified atom stereocenters. The zero-order valence-electron chi connectivity index (χ0n) is 33.0. The fraction of sp³-hybridized carbons (Fsp3) is 0.789. The van der Waals surface area contributed by atoms with Gasteiger partial charge in [0.2, 0.25) is 11.8 Å². The van der Waals surface area contributed by atoms with Crippen molar-refractivity contribution in [2.45, 2.75) is 124 Å². The number of carbonyl (C=O) groups is 6. The maximum atomic E-state index is 12.6. The Hall–Kier alpha value is -3.24. The molecule has 0 aliphatic carbocycles. The van der Waals surface area contributed by atoms with Crippen molar-refractivity contribution >= 4 is 35.4 Å². The van der Waals surface area contributed by atoms with E-state index in [4.69, 9.17) is 23.7 Å². The average molecular weight is 756 g/mol. The Bertz CT molecular complexity index is 1160.